The summed E-state index contributed by atoms with van der Waals surface area (Å²) in [4.78, 5) is 25.5. The lowest BCUT2D eigenvalue weighted by atomic mass is 10.0. The topological polar surface area (TPSA) is 122 Å². The van der Waals surface area contributed by atoms with Gasteiger partial charge in [0.25, 0.3) is 5.91 Å². The molecule has 1 aliphatic heterocycles. The summed E-state index contributed by atoms with van der Waals surface area (Å²) in [5.74, 6) is -1.07. The van der Waals surface area contributed by atoms with E-state index >= 15 is 0 Å². The van der Waals surface area contributed by atoms with Crippen LogP contribution in [-0.4, -0.2) is 63.0 Å². The maximum absolute atomic E-state index is 12.2. The van der Waals surface area contributed by atoms with Gasteiger partial charge in [0, 0.05) is 25.5 Å². The van der Waals surface area contributed by atoms with E-state index in [9.17, 15) is 18.0 Å². The number of sulfone groups is 1. The van der Waals surface area contributed by atoms with Crippen LogP contribution in [0.25, 0.3) is 0 Å². The summed E-state index contributed by atoms with van der Waals surface area (Å²) in [6, 6.07) is 7.28. The molecule has 0 aliphatic carbocycles. The smallest absolute Gasteiger partial charge is 0.414 e. The second kappa shape index (κ2) is 8.24. The molecule has 1 heterocycles. The van der Waals surface area contributed by atoms with Gasteiger partial charge in [0.15, 0.2) is 14.6 Å². The molecule has 0 spiro atoms. The second-order valence-corrected chi connectivity index (χ2v) is 9.12. The summed E-state index contributed by atoms with van der Waals surface area (Å²) in [6.07, 6.45) is -0.0676. The summed E-state index contributed by atoms with van der Waals surface area (Å²) in [5, 5.41) is 8.89. The third kappa shape index (κ3) is 4.57. The second-order valence-electron chi connectivity index (χ2n) is 6.67. The van der Waals surface area contributed by atoms with Gasteiger partial charge in [0.05, 0.1) is 13.2 Å². The van der Waals surface area contributed by atoms with Gasteiger partial charge in [0.2, 0.25) is 0 Å². The third-order valence-corrected chi connectivity index (χ3v) is 6.72. The van der Waals surface area contributed by atoms with E-state index < -0.39 is 32.7 Å². The van der Waals surface area contributed by atoms with E-state index in [2.05, 4.69) is 0 Å². The number of carbonyl (C=O) groups excluding carboxylic acids is 2. The first-order valence-electron chi connectivity index (χ1n) is 8.32. The number of anilines is 1. The number of methoxy groups -OCH3 is 1. The first kappa shape index (κ1) is 21.1. The van der Waals surface area contributed by atoms with Gasteiger partial charge in [-0.25, -0.2) is 18.7 Å². The molecule has 2 atom stereocenters. The van der Waals surface area contributed by atoms with E-state index in [0.29, 0.717) is 12.3 Å². The minimum atomic E-state index is -3.87. The molecule has 10 heteroatoms. The van der Waals surface area contributed by atoms with Crippen LogP contribution in [0.15, 0.2) is 24.3 Å². The summed E-state index contributed by atoms with van der Waals surface area (Å²) < 4.78 is 32.5. The van der Waals surface area contributed by atoms with Gasteiger partial charge < -0.3 is 9.47 Å². The Morgan fingerprint density at radius 1 is 1.41 bits per heavy atom. The zero-order valence-corrected chi connectivity index (χ0v) is 16.3. The number of rotatable bonds is 8. The largest absolute Gasteiger partial charge is 0.444 e. The van der Waals surface area contributed by atoms with Crippen molar-refractivity contribution in [2.24, 2.45) is 0 Å². The van der Waals surface area contributed by atoms with Crippen molar-refractivity contribution in [1.82, 2.24) is 5.48 Å². The normalized spacial score (nSPS) is 19.5. The molecule has 1 aromatic carbocycles. The molecule has 1 fully saturated rings. The molecule has 0 saturated carbocycles. The highest BCUT2D eigenvalue weighted by atomic mass is 32.2. The van der Waals surface area contributed by atoms with Crippen molar-refractivity contribution < 1.29 is 32.7 Å². The molecular formula is C17H24N2O7S. The highest BCUT2D eigenvalue weighted by Crippen LogP contribution is 2.30. The summed E-state index contributed by atoms with van der Waals surface area (Å²) in [5.41, 5.74) is 3.04. The minimum Gasteiger partial charge on any atom is -0.444 e. The zero-order chi connectivity index (χ0) is 20.2. The molecule has 9 nitrogen and oxygen atoms in total. The van der Waals surface area contributed by atoms with Crippen molar-refractivity contribution >= 4 is 27.5 Å². The highest BCUT2D eigenvalue weighted by molar-refractivity contribution is 7.92. The van der Waals surface area contributed by atoms with E-state index in [1.165, 1.54) is 17.3 Å². The van der Waals surface area contributed by atoms with E-state index in [0.717, 1.165) is 18.2 Å². The van der Waals surface area contributed by atoms with Crippen molar-refractivity contribution in [2.75, 3.05) is 31.4 Å². The number of benzene rings is 1. The number of hydrogen-bond acceptors (Lipinski definition) is 7. The lowest BCUT2D eigenvalue weighted by Gasteiger charge is -2.26. The lowest BCUT2D eigenvalue weighted by molar-refractivity contribution is -0.132. The van der Waals surface area contributed by atoms with Gasteiger partial charge in [-0.05, 0) is 31.0 Å². The Labute approximate surface area is 158 Å². The fourth-order valence-electron chi connectivity index (χ4n) is 2.87. The molecule has 0 bridgehead atoms. The van der Waals surface area contributed by atoms with Crippen LogP contribution in [0.5, 0.6) is 0 Å². The van der Waals surface area contributed by atoms with E-state index in [4.69, 9.17) is 14.7 Å². The maximum atomic E-state index is 12.2. The molecule has 0 radical (unpaired) electrons. The third-order valence-electron chi connectivity index (χ3n) is 4.73. The van der Waals surface area contributed by atoms with E-state index in [1.807, 2.05) is 12.1 Å². The molecule has 0 aromatic heterocycles. The predicted octanol–water partition coefficient (Wildman–Crippen LogP) is 0.900. The number of ether oxygens (including phenoxy) is 2. The van der Waals surface area contributed by atoms with Crippen LogP contribution in [0.2, 0.25) is 0 Å². The quantitative estimate of drug-likeness (QED) is 0.491. The zero-order valence-electron chi connectivity index (χ0n) is 15.5. The molecule has 2 amide bonds. The Bertz CT molecular complexity index is 794. The van der Waals surface area contributed by atoms with Crippen molar-refractivity contribution in [3.05, 3.63) is 29.8 Å². The average molecular weight is 400 g/mol. The summed E-state index contributed by atoms with van der Waals surface area (Å²) in [7, 11) is -2.25. The van der Waals surface area contributed by atoms with Gasteiger partial charge in [0.1, 0.15) is 6.10 Å². The minimum absolute atomic E-state index is 0.0973. The average Bonchev–Trinajstić information content (AvgIpc) is 2.98. The Morgan fingerprint density at radius 2 is 2.04 bits per heavy atom. The first-order valence-corrected chi connectivity index (χ1v) is 10.2. The first-order chi connectivity index (χ1) is 12.6. The van der Waals surface area contributed by atoms with Gasteiger partial charge >= 0.3 is 6.09 Å². The SMILES string of the molecule is COCCc1ccc(N2C[C@H](C[C@](C)(C(=O)NO)S(C)(=O)=O)OC2=O)cc1. The number of hydrogen-bond donors (Lipinski definition) is 2. The fourth-order valence-corrected chi connectivity index (χ4v) is 3.74. The molecule has 27 heavy (non-hydrogen) atoms. The van der Waals surface area contributed by atoms with Crippen molar-refractivity contribution in [3.8, 4) is 0 Å². The lowest BCUT2D eigenvalue weighted by Crippen LogP contribution is -2.51. The Hall–Kier alpha value is -2.17. The fraction of sp³-hybridized carbons (Fsp3) is 0.529. The predicted molar refractivity (Wildman–Crippen MR) is 97.4 cm³/mol. The number of amides is 2. The molecule has 2 N–H and O–H groups in total. The van der Waals surface area contributed by atoms with Crippen LogP contribution >= 0.6 is 0 Å². The van der Waals surface area contributed by atoms with Crippen LogP contribution in [-0.2, 0) is 30.5 Å². The molecule has 0 unspecified atom stereocenters. The molecule has 1 aliphatic rings. The molecule has 2 rings (SSSR count). The molecular weight excluding hydrogens is 376 g/mol. The van der Waals surface area contributed by atoms with Crippen LogP contribution in [0.1, 0.15) is 18.9 Å². The van der Waals surface area contributed by atoms with Gasteiger partial charge in [-0.15, -0.1) is 0 Å². The van der Waals surface area contributed by atoms with Crippen molar-refractivity contribution in [2.45, 2.75) is 30.6 Å². The number of nitrogens with zero attached hydrogens (tertiary/aromatic N) is 1. The van der Waals surface area contributed by atoms with Gasteiger partial charge in [-0.3, -0.25) is 14.9 Å². The maximum Gasteiger partial charge on any atom is 0.414 e. The highest BCUT2D eigenvalue weighted by Gasteiger charge is 2.48. The van der Waals surface area contributed by atoms with Gasteiger partial charge in [-0.1, -0.05) is 12.1 Å². The number of nitrogens with one attached hydrogen (secondary N) is 1. The number of hydroxylamine groups is 1. The van der Waals surface area contributed by atoms with Crippen molar-refractivity contribution in [3.63, 3.8) is 0 Å². The number of carbonyl (C=O) groups is 2. The van der Waals surface area contributed by atoms with E-state index in [1.54, 1.807) is 19.2 Å². The number of cyclic esters (lactones) is 1. The van der Waals surface area contributed by atoms with Crippen LogP contribution in [0, 0.1) is 0 Å². The Balaban J connectivity index is 2.13. The summed E-state index contributed by atoms with van der Waals surface area (Å²) in [6.45, 7) is 1.87. The van der Waals surface area contributed by atoms with Crippen LogP contribution < -0.4 is 10.4 Å². The van der Waals surface area contributed by atoms with Crippen LogP contribution in [0.3, 0.4) is 0 Å². The van der Waals surface area contributed by atoms with Crippen LogP contribution in [0.4, 0.5) is 10.5 Å². The Morgan fingerprint density at radius 3 is 2.56 bits per heavy atom. The standard InChI is InChI=1S/C17H24N2O7S/c1-17(15(20)18-22,27(3,23)24)10-14-11-19(16(21)26-14)13-6-4-12(5-7-13)8-9-25-2/h4-7,14,22H,8-11H2,1-3H3,(H,18,20)/t14-,17+/m0/s1. The summed E-state index contributed by atoms with van der Waals surface area (Å²) >= 11 is 0. The van der Waals surface area contributed by atoms with Gasteiger partial charge in [-0.2, -0.15) is 0 Å². The molecule has 1 saturated heterocycles. The van der Waals surface area contributed by atoms with Crippen molar-refractivity contribution in [1.29, 1.82) is 0 Å². The Kier molecular flexibility index (Phi) is 6.45. The molecule has 1 aromatic rings. The molecule has 150 valence electrons. The van der Waals surface area contributed by atoms with E-state index in [-0.39, 0.29) is 13.0 Å². The monoisotopic (exact) mass is 400 g/mol.